The zero-order valence-corrected chi connectivity index (χ0v) is 27.5. The molecule has 0 saturated heterocycles. The van der Waals surface area contributed by atoms with Gasteiger partial charge in [-0.15, -0.1) is 11.3 Å². The summed E-state index contributed by atoms with van der Waals surface area (Å²) in [6.45, 7) is 0. The molecule has 1 aromatic heterocycles. The van der Waals surface area contributed by atoms with Crippen LogP contribution >= 0.6 is 11.3 Å². The van der Waals surface area contributed by atoms with E-state index in [1.807, 2.05) is 11.3 Å². The average Bonchev–Trinajstić information content (AvgIpc) is 3.58. The lowest BCUT2D eigenvalue weighted by atomic mass is 9.91. The molecule has 0 radical (unpaired) electrons. The minimum atomic E-state index is 1.23. The molecule has 0 fully saturated rings. The van der Waals surface area contributed by atoms with Gasteiger partial charge in [0.2, 0.25) is 0 Å². The van der Waals surface area contributed by atoms with E-state index in [4.69, 9.17) is 0 Å². The Balaban J connectivity index is 1.09. The first-order valence-corrected chi connectivity index (χ1v) is 17.7. The van der Waals surface area contributed by atoms with E-state index < -0.39 is 0 Å². The fourth-order valence-corrected chi connectivity index (χ4v) is 9.07. The van der Waals surface area contributed by atoms with Crippen molar-refractivity contribution in [3.63, 3.8) is 0 Å². The Morgan fingerprint density at radius 1 is 0.224 bits per heavy atom. The lowest BCUT2D eigenvalue weighted by Crippen LogP contribution is -1.86. The first-order chi connectivity index (χ1) is 24.3. The van der Waals surface area contributed by atoms with Crippen LogP contribution in [0.4, 0.5) is 0 Å². The molecule has 0 spiro atoms. The van der Waals surface area contributed by atoms with E-state index in [1.54, 1.807) is 0 Å². The molecule has 0 aliphatic carbocycles. The molecule has 1 heteroatoms. The highest BCUT2D eigenvalue weighted by molar-refractivity contribution is 7.26. The Hall–Kier alpha value is -6.02. The van der Waals surface area contributed by atoms with Crippen LogP contribution in [-0.2, 0) is 0 Å². The van der Waals surface area contributed by atoms with Gasteiger partial charge < -0.3 is 0 Å². The smallest absolute Gasteiger partial charge is 0.0434 e. The summed E-state index contributed by atoms with van der Waals surface area (Å²) in [7, 11) is 0. The van der Waals surface area contributed by atoms with Gasteiger partial charge in [0, 0.05) is 20.2 Å². The maximum atomic E-state index is 2.39. The summed E-state index contributed by atoms with van der Waals surface area (Å²) < 4.78 is 2.67. The molecule has 0 nitrogen and oxygen atoms in total. The van der Waals surface area contributed by atoms with Crippen molar-refractivity contribution in [2.75, 3.05) is 0 Å². The van der Waals surface area contributed by atoms with Gasteiger partial charge in [0.05, 0.1) is 0 Å². The summed E-state index contributed by atoms with van der Waals surface area (Å²) in [5.74, 6) is 0. The number of hydrogen-bond acceptors (Lipinski definition) is 1. The molecule has 0 atom stereocenters. The molecule has 0 bridgehead atoms. The van der Waals surface area contributed by atoms with Gasteiger partial charge >= 0.3 is 0 Å². The van der Waals surface area contributed by atoms with Crippen molar-refractivity contribution in [2.45, 2.75) is 0 Å². The van der Waals surface area contributed by atoms with Crippen molar-refractivity contribution in [2.24, 2.45) is 0 Å². The lowest BCUT2D eigenvalue weighted by Gasteiger charge is -2.12. The first kappa shape index (κ1) is 28.0. The van der Waals surface area contributed by atoms with Crippen LogP contribution in [0, 0.1) is 0 Å². The van der Waals surface area contributed by atoms with Crippen LogP contribution in [0.1, 0.15) is 0 Å². The monoisotopic (exact) mass is 638 g/mol. The van der Waals surface area contributed by atoms with Gasteiger partial charge in [0.15, 0.2) is 0 Å². The van der Waals surface area contributed by atoms with Crippen molar-refractivity contribution >= 4 is 63.8 Å². The third-order valence-electron chi connectivity index (χ3n) is 10.1. The average molecular weight is 639 g/mol. The molecule has 0 saturated carbocycles. The largest absolute Gasteiger partial charge is 0.134 e. The molecule has 0 N–H and O–H groups in total. The minimum Gasteiger partial charge on any atom is -0.134 e. The second-order valence-corrected chi connectivity index (χ2v) is 13.9. The Kier molecular flexibility index (Phi) is 6.47. The fraction of sp³-hybridized carbons (Fsp3) is 0. The SMILES string of the molecule is c1ccc(-c2ccc(-c3cccc4c3sc3c(-c5cccc(-c6ccc7c8ccccc8c8ccccc8c7c6)c5)cccc34)cc2)cc1. The quantitative estimate of drug-likeness (QED) is 0.168. The highest BCUT2D eigenvalue weighted by Crippen LogP contribution is 2.45. The predicted molar refractivity (Wildman–Crippen MR) is 214 cm³/mol. The van der Waals surface area contributed by atoms with Crippen molar-refractivity contribution in [3.05, 3.63) is 182 Å². The van der Waals surface area contributed by atoms with Crippen LogP contribution in [0.15, 0.2) is 182 Å². The summed E-state index contributed by atoms with van der Waals surface area (Å²) >= 11 is 1.91. The van der Waals surface area contributed by atoms with Crippen LogP contribution in [0.25, 0.3) is 97.0 Å². The molecule has 0 amide bonds. The molecule has 9 aromatic carbocycles. The molecular formula is C48H30S. The Morgan fingerprint density at radius 3 is 1.29 bits per heavy atom. The first-order valence-electron chi connectivity index (χ1n) is 16.8. The van der Waals surface area contributed by atoms with E-state index in [9.17, 15) is 0 Å². The second kappa shape index (κ2) is 11.3. The van der Waals surface area contributed by atoms with Gasteiger partial charge in [-0.2, -0.15) is 0 Å². The van der Waals surface area contributed by atoms with Gasteiger partial charge in [0.1, 0.15) is 0 Å². The molecule has 1 heterocycles. The Bertz CT molecular complexity index is 2820. The zero-order valence-electron chi connectivity index (χ0n) is 26.7. The topological polar surface area (TPSA) is 0 Å². The summed E-state index contributed by atoms with van der Waals surface area (Å²) in [4.78, 5) is 0. The number of thiophene rings is 1. The maximum absolute atomic E-state index is 2.39. The van der Waals surface area contributed by atoms with Gasteiger partial charge in [-0.05, 0) is 89.0 Å². The molecular weight excluding hydrogens is 609 g/mol. The fourth-order valence-electron chi connectivity index (χ4n) is 7.70. The van der Waals surface area contributed by atoms with Gasteiger partial charge in [-0.25, -0.2) is 0 Å². The number of hydrogen-bond donors (Lipinski definition) is 0. The van der Waals surface area contributed by atoms with Crippen molar-refractivity contribution < 1.29 is 0 Å². The van der Waals surface area contributed by atoms with E-state index in [0.29, 0.717) is 0 Å². The Labute approximate surface area is 289 Å². The number of fused-ring (bicyclic) bond motifs is 9. The number of benzene rings is 9. The standard InChI is InChI=1S/C48H30S/c1-2-11-31(12-3-1)32-23-25-33(26-24-32)37-19-9-21-44-45-22-10-20-38(48(45)49-47(37)44)36-14-8-13-34(29-36)35-27-28-43-41-17-5-4-15-39(41)40-16-6-7-18-42(40)46(43)30-35/h1-30H. The third kappa shape index (κ3) is 4.58. The van der Waals surface area contributed by atoms with Gasteiger partial charge in [-0.3, -0.25) is 0 Å². The van der Waals surface area contributed by atoms with Crippen molar-refractivity contribution in [1.82, 2.24) is 0 Å². The van der Waals surface area contributed by atoms with E-state index in [0.717, 1.165) is 0 Å². The molecule has 0 unspecified atom stereocenters. The van der Waals surface area contributed by atoms with E-state index in [-0.39, 0.29) is 0 Å². The molecule has 0 aliphatic rings. The highest BCUT2D eigenvalue weighted by Gasteiger charge is 2.15. The van der Waals surface area contributed by atoms with Crippen LogP contribution in [0.5, 0.6) is 0 Å². The maximum Gasteiger partial charge on any atom is 0.0434 e. The van der Waals surface area contributed by atoms with Crippen LogP contribution in [0.2, 0.25) is 0 Å². The van der Waals surface area contributed by atoms with E-state index in [2.05, 4.69) is 182 Å². The van der Waals surface area contributed by atoms with Gasteiger partial charge in [-0.1, -0.05) is 170 Å². The van der Waals surface area contributed by atoms with Crippen LogP contribution in [-0.4, -0.2) is 0 Å². The highest BCUT2D eigenvalue weighted by atomic mass is 32.1. The van der Waals surface area contributed by atoms with Crippen molar-refractivity contribution in [3.8, 4) is 44.5 Å². The molecule has 49 heavy (non-hydrogen) atoms. The summed E-state index contributed by atoms with van der Waals surface area (Å²) in [5, 5.41) is 10.5. The normalized spacial score (nSPS) is 11.7. The summed E-state index contributed by atoms with van der Waals surface area (Å²) in [6.07, 6.45) is 0. The second-order valence-electron chi connectivity index (χ2n) is 12.8. The molecule has 10 aromatic rings. The zero-order chi connectivity index (χ0) is 32.3. The summed E-state index contributed by atoms with van der Waals surface area (Å²) in [5.41, 5.74) is 10.0. The van der Waals surface area contributed by atoms with Crippen molar-refractivity contribution in [1.29, 1.82) is 0 Å². The Morgan fingerprint density at radius 2 is 0.633 bits per heavy atom. The molecule has 228 valence electrons. The summed E-state index contributed by atoms with van der Waals surface area (Å²) in [6, 6.07) is 66.8. The van der Waals surface area contributed by atoms with Crippen LogP contribution < -0.4 is 0 Å². The van der Waals surface area contributed by atoms with E-state index >= 15 is 0 Å². The molecule has 10 rings (SSSR count). The number of rotatable bonds is 4. The lowest BCUT2D eigenvalue weighted by molar-refractivity contribution is 1.61. The third-order valence-corrected chi connectivity index (χ3v) is 11.4. The minimum absolute atomic E-state index is 1.23. The predicted octanol–water partition coefficient (Wildman–Crippen LogP) is 14.2. The van der Waals surface area contributed by atoms with Crippen LogP contribution in [0.3, 0.4) is 0 Å². The van der Waals surface area contributed by atoms with Gasteiger partial charge in [0.25, 0.3) is 0 Å². The molecule has 0 aliphatic heterocycles. The van der Waals surface area contributed by atoms with E-state index in [1.165, 1.54) is 97.0 Å².